The first kappa shape index (κ1) is 27.0. The highest BCUT2D eigenvalue weighted by Gasteiger charge is 2.32. The lowest BCUT2D eigenvalue weighted by molar-refractivity contribution is -0.137. The van der Waals surface area contributed by atoms with Gasteiger partial charge in [-0.05, 0) is 55.8 Å². The van der Waals surface area contributed by atoms with Gasteiger partial charge in [0.25, 0.3) is 5.56 Å². The van der Waals surface area contributed by atoms with Crippen LogP contribution in [0.4, 0.5) is 13.2 Å². The molecule has 4 N–H and O–H groups in total. The van der Waals surface area contributed by atoms with Crippen molar-refractivity contribution < 1.29 is 27.9 Å². The van der Waals surface area contributed by atoms with E-state index in [1.165, 1.54) is 18.2 Å². The number of Topliss-reactive ketones (excluding diaryl/α,β-unsaturated/α-hetero) is 1. The van der Waals surface area contributed by atoms with Gasteiger partial charge in [-0.15, -0.1) is 11.8 Å². The third-order valence-electron chi connectivity index (χ3n) is 6.27. The van der Waals surface area contributed by atoms with Gasteiger partial charge in [-0.3, -0.25) is 19.3 Å². The van der Waals surface area contributed by atoms with Gasteiger partial charge < -0.3 is 15.8 Å². The van der Waals surface area contributed by atoms with Crippen LogP contribution in [-0.4, -0.2) is 51.6 Å². The number of benzene rings is 2. The number of fused-ring (bicyclic) bond motifs is 1. The van der Waals surface area contributed by atoms with Gasteiger partial charge in [0.15, 0.2) is 0 Å². The monoisotopic (exact) mass is 553 g/mol. The van der Waals surface area contributed by atoms with Crippen molar-refractivity contribution in [3.63, 3.8) is 0 Å². The number of pyridine rings is 1. The first-order valence-electron chi connectivity index (χ1n) is 11.4. The van der Waals surface area contributed by atoms with Crippen LogP contribution in [0.25, 0.3) is 22.0 Å². The molecule has 2 heterocycles. The fourth-order valence-electron chi connectivity index (χ4n) is 4.47. The van der Waals surface area contributed by atoms with E-state index in [-0.39, 0.29) is 55.7 Å². The zero-order valence-electron chi connectivity index (χ0n) is 19.4. The minimum Gasteiger partial charge on any atom is -0.507 e. The summed E-state index contributed by atoms with van der Waals surface area (Å²) in [6, 6.07) is 6.53. The smallest absolute Gasteiger partial charge is 0.416 e. The molecule has 1 aliphatic rings. The number of nitrogens with zero attached hydrogens (tertiary/aromatic N) is 1. The van der Waals surface area contributed by atoms with Crippen molar-refractivity contribution in [1.82, 2.24) is 9.88 Å². The molecule has 1 amide bonds. The largest absolute Gasteiger partial charge is 0.507 e. The number of likely N-dealkylation sites (tertiary alicyclic amines) is 1. The molecule has 1 atom stereocenters. The molecule has 4 rings (SSSR count). The average Bonchev–Trinajstić information content (AvgIpc) is 3.31. The number of aromatic amines is 1. The fraction of sp³-hybridized carbons (Fsp3) is 0.320. The van der Waals surface area contributed by atoms with Crippen molar-refractivity contribution in [2.24, 2.45) is 5.73 Å². The fourth-order valence-corrected chi connectivity index (χ4v) is 5.64. The van der Waals surface area contributed by atoms with E-state index in [1.807, 2.05) is 4.90 Å². The van der Waals surface area contributed by atoms with Gasteiger partial charge in [-0.2, -0.15) is 13.2 Å². The number of H-pyrrole nitrogens is 1. The molecule has 0 radical (unpaired) electrons. The van der Waals surface area contributed by atoms with Gasteiger partial charge in [-0.25, -0.2) is 0 Å². The van der Waals surface area contributed by atoms with Crippen LogP contribution in [-0.2, 0) is 15.8 Å². The molecule has 0 saturated carbocycles. The number of phenols is 1. The molecule has 2 aromatic carbocycles. The number of hydrogen-bond acceptors (Lipinski definition) is 6. The highest BCUT2D eigenvalue weighted by Crippen LogP contribution is 2.42. The summed E-state index contributed by atoms with van der Waals surface area (Å²) >= 11 is 6.97. The van der Waals surface area contributed by atoms with E-state index in [2.05, 4.69) is 4.98 Å². The predicted molar refractivity (Wildman–Crippen MR) is 136 cm³/mol. The van der Waals surface area contributed by atoms with Crippen LogP contribution >= 0.6 is 23.4 Å². The van der Waals surface area contributed by atoms with E-state index >= 15 is 0 Å². The number of nitrogens with two attached hydrogens (primary N) is 1. The van der Waals surface area contributed by atoms with Crippen molar-refractivity contribution in [1.29, 1.82) is 0 Å². The molecule has 1 aliphatic heterocycles. The number of halogens is 4. The Morgan fingerprint density at radius 2 is 1.97 bits per heavy atom. The SMILES string of the molecule is NC(=O)[C@@H]1CCCN1CCC(=O)CSc1c(-c2cc(Cl)ccc2O)c2cc(C(F)(F)F)ccc2[nH]c1=O. The Hall–Kier alpha value is -3.02. The first-order valence-corrected chi connectivity index (χ1v) is 12.8. The molecule has 1 saturated heterocycles. The van der Waals surface area contributed by atoms with Crippen molar-refractivity contribution in [2.75, 3.05) is 18.8 Å². The molecular weight excluding hydrogens is 531 g/mol. The molecule has 1 aromatic heterocycles. The molecule has 0 aliphatic carbocycles. The lowest BCUT2D eigenvalue weighted by Gasteiger charge is -2.21. The summed E-state index contributed by atoms with van der Waals surface area (Å²) < 4.78 is 40.5. The Morgan fingerprint density at radius 3 is 2.68 bits per heavy atom. The lowest BCUT2D eigenvalue weighted by Crippen LogP contribution is -2.41. The van der Waals surface area contributed by atoms with Crippen LogP contribution in [0.1, 0.15) is 24.8 Å². The summed E-state index contributed by atoms with van der Waals surface area (Å²) in [7, 11) is 0. The second kappa shape index (κ2) is 10.8. The summed E-state index contributed by atoms with van der Waals surface area (Å²) in [6.45, 7) is 0.982. The Bertz CT molecular complexity index is 1430. The minimum absolute atomic E-state index is 0.0195. The number of nitrogens with one attached hydrogen (secondary N) is 1. The van der Waals surface area contributed by atoms with Gasteiger partial charge in [0.2, 0.25) is 5.91 Å². The summed E-state index contributed by atoms with van der Waals surface area (Å²) in [5.74, 6) is -1.08. The Kier molecular flexibility index (Phi) is 7.86. The highest BCUT2D eigenvalue weighted by atomic mass is 35.5. The Balaban J connectivity index is 1.69. The summed E-state index contributed by atoms with van der Waals surface area (Å²) in [4.78, 5) is 41.7. The number of carbonyl (C=O) groups excluding carboxylic acids is 2. The zero-order chi connectivity index (χ0) is 26.9. The van der Waals surface area contributed by atoms with Crippen molar-refractivity contribution in [3.05, 3.63) is 57.3 Å². The number of thioether (sulfide) groups is 1. The lowest BCUT2D eigenvalue weighted by atomic mass is 9.98. The number of ketones is 1. The highest BCUT2D eigenvalue weighted by molar-refractivity contribution is 8.00. The number of aromatic nitrogens is 1. The number of amides is 1. The predicted octanol–water partition coefficient (Wildman–Crippen LogP) is 4.57. The Morgan fingerprint density at radius 1 is 1.22 bits per heavy atom. The zero-order valence-corrected chi connectivity index (χ0v) is 21.0. The topological polar surface area (TPSA) is 116 Å². The van der Waals surface area contributed by atoms with E-state index in [9.17, 15) is 32.7 Å². The van der Waals surface area contributed by atoms with Crippen molar-refractivity contribution >= 4 is 46.0 Å². The molecule has 37 heavy (non-hydrogen) atoms. The van der Waals surface area contributed by atoms with Gasteiger partial charge >= 0.3 is 6.18 Å². The second-order valence-corrected chi connectivity index (χ2v) is 10.2. The van der Waals surface area contributed by atoms with Crippen LogP contribution < -0.4 is 11.3 Å². The average molecular weight is 554 g/mol. The third kappa shape index (κ3) is 5.94. The van der Waals surface area contributed by atoms with Crippen LogP contribution in [0.15, 0.2) is 46.1 Å². The molecule has 12 heteroatoms. The third-order valence-corrected chi connectivity index (χ3v) is 7.65. The van der Waals surface area contributed by atoms with Crippen LogP contribution in [0.2, 0.25) is 5.02 Å². The van der Waals surface area contributed by atoms with Crippen LogP contribution in [0.5, 0.6) is 5.75 Å². The van der Waals surface area contributed by atoms with Crippen molar-refractivity contribution in [2.45, 2.75) is 36.4 Å². The van der Waals surface area contributed by atoms with E-state index in [0.29, 0.717) is 19.5 Å². The molecular formula is C25H23ClF3N3O4S. The van der Waals surface area contributed by atoms with Gasteiger partial charge in [0, 0.05) is 40.0 Å². The number of hydrogen-bond donors (Lipinski definition) is 3. The van der Waals surface area contributed by atoms with Gasteiger partial charge in [-0.1, -0.05) is 11.6 Å². The summed E-state index contributed by atoms with van der Waals surface area (Å²) in [5, 5.41) is 10.8. The van der Waals surface area contributed by atoms with E-state index in [4.69, 9.17) is 17.3 Å². The van der Waals surface area contributed by atoms with Crippen LogP contribution in [0.3, 0.4) is 0 Å². The second-order valence-electron chi connectivity index (χ2n) is 8.75. The van der Waals surface area contributed by atoms with Crippen molar-refractivity contribution in [3.8, 4) is 16.9 Å². The molecule has 0 unspecified atom stereocenters. The molecule has 1 fully saturated rings. The number of aromatic hydroxyl groups is 1. The number of rotatable bonds is 8. The summed E-state index contributed by atoms with van der Waals surface area (Å²) in [6.07, 6.45) is -3.09. The minimum atomic E-state index is -4.64. The normalized spacial score (nSPS) is 16.4. The number of carbonyl (C=O) groups is 2. The van der Waals surface area contributed by atoms with Crippen LogP contribution in [0, 0.1) is 0 Å². The van der Waals surface area contributed by atoms with Gasteiger partial charge in [0.1, 0.15) is 11.5 Å². The standard InChI is InChI=1S/C25H23ClF3N3O4S/c26-14-4-6-20(34)17(11-14)21-16-10-13(25(27,28)29)3-5-18(16)31-24(36)22(21)37-12-15(33)7-9-32-8-1-2-19(32)23(30)35/h3-6,10-11,19,34H,1-2,7-9,12H2,(H2,30,35)(H,31,36)/t19-/m0/s1. The Labute approximate surface area is 218 Å². The van der Waals surface area contributed by atoms with Gasteiger partial charge in [0.05, 0.1) is 22.3 Å². The van der Waals surface area contributed by atoms with E-state index in [1.54, 1.807) is 0 Å². The molecule has 0 spiro atoms. The maximum atomic E-state index is 13.5. The summed E-state index contributed by atoms with van der Waals surface area (Å²) in [5.41, 5.74) is 4.12. The maximum Gasteiger partial charge on any atom is 0.416 e. The number of alkyl halides is 3. The quantitative estimate of drug-likeness (QED) is 0.352. The molecule has 0 bridgehead atoms. The maximum absolute atomic E-state index is 13.5. The van der Waals surface area contributed by atoms with E-state index in [0.717, 1.165) is 36.4 Å². The molecule has 196 valence electrons. The molecule has 3 aromatic rings. The number of phenolic OH excluding ortho intramolecular Hbond substituents is 1. The molecule has 7 nitrogen and oxygen atoms in total. The van der Waals surface area contributed by atoms with E-state index < -0.39 is 29.2 Å². The first-order chi connectivity index (χ1) is 17.5. The number of primary amides is 1.